The molecule has 0 saturated heterocycles. The normalized spacial score (nSPS) is 14.0. The van der Waals surface area contributed by atoms with Gasteiger partial charge in [0.1, 0.15) is 5.75 Å². The van der Waals surface area contributed by atoms with Crippen molar-refractivity contribution >= 4 is 21.7 Å². The molecule has 6 nitrogen and oxygen atoms in total. The van der Waals surface area contributed by atoms with Crippen molar-refractivity contribution in [3.63, 3.8) is 0 Å². The molecule has 0 aliphatic rings. The van der Waals surface area contributed by atoms with Crippen LogP contribution in [0, 0.1) is 0 Å². The number of amides is 1. The zero-order valence-electron chi connectivity index (χ0n) is 11.2. The highest BCUT2D eigenvalue weighted by Gasteiger charge is 2.31. The van der Waals surface area contributed by atoms with E-state index < -0.39 is 32.2 Å². The maximum Gasteiger partial charge on any atom is 0.303 e. The second kappa shape index (κ2) is 6.17. The molecule has 1 unspecified atom stereocenters. The van der Waals surface area contributed by atoms with Crippen LogP contribution in [-0.2, 0) is 19.4 Å². The molecule has 0 fully saturated rings. The molecule has 1 amide bonds. The molecular weight excluding hydrogens is 258 g/mol. The predicted molar refractivity (Wildman–Crippen MR) is 68.0 cm³/mol. The lowest BCUT2D eigenvalue weighted by molar-refractivity contribution is -0.137. The Labute approximate surface area is 108 Å². The van der Waals surface area contributed by atoms with Gasteiger partial charge >= 0.3 is 5.97 Å². The fourth-order valence-electron chi connectivity index (χ4n) is 1.12. The van der Waals surface area contributed by atoms with Gasteiger partial charge in [0.2, 0.25) is 5.91 Å². The van der Waals surface area contributed by atoms with Crippen LogP contribution in [0.2, 0.25) is 0 Å². The van der Waals surface area contributed by atoms with Crippen LogP contribution in [0.4, 0.5) is 0 Å². The average molecular weight is 279 g/mol. The Morgan fingerprint density at radius 2 is 1.78 bits per heavy atom. The topological polar surface area (TPSA) is 101 Å². The standard InChI is InChI=1S/C11H21NO5S/c1-8(5-6-10(14)15)12-9(13)7-18(16,17)11(2,3)4/h8H,5-7H2,1-4H3,(H,12,13)(H,14,15). The van der Waals surface area contributed by atoms with Gasteiger partial charge in [0.25, 0.3) is 0 Å². The Hall–Kier alpha value is -1.11. The smallest absolute Gasteiger partial charge is 0.303 e. The Morgan fingerprint density at radius 1 is 1.28 bits per heavy atom. The lowest BCUT2D eigenvalue weighted by Crippen LogP contribution is -2.41. The van der Waals surface area contributed by atoms with E-state index in [0.29, 0.717) is 0 Å². The van der Waals surface area contributed by atoms with Crippen LogP contribution in [-0.4, -0.2) is 41.9 Å². The van der Waals surface area contributed by atoms with E-state index in [9.17, 15) is 18.0 Å². The van der Waals surface area contributed by atoms with Crippen molar-refractivity contribution in [3.05, 3.63) is 0 Å². The Kier molecular flexibility index (Phi) is 5.79. The highest BCUT2D eigenvalue weighted by Crippen LogP contribution is 2.15. The largest absolute Gasteiger partial charge is 0.481 e. The Bertz CT molecular complexity index is 408. The zero-order chi connectivity index (χ0) is 14.6. The van der Waals surface area contributed by atoms with Crippen LogP contribution < -0.4 is 5.32 Å². The van der Waals surface area contributed by atoms with E-state index >= 15 is 0 Å². The molecule has 0 saturated carbocycles. The van der Waals surface area contributed by atoms with Gasteiger partial charge in [-0.1, -0.05) is 0 Å². The van der Waals surface area contributed by atoms with Crippen molar-refractivity contribution in [1.82, 2.24) is 5.32 Å². The van der Waals surface area contributed by atoms with E-state index in [1.807, 2.05) is 0 Å². The lowest BCUT2D eigenvalue weighted by Gasteiger charge is -2.20. The SMILES string of the molecule is CC(CCC(=O)O)NC(=O)CS(=O)(=O)C(C)(C)C. The summed E-state index contributed by atoms with van der Waals surface area (Å²) in [7, 11) is -3.50. The summed E-state index contributed by atoms with van der Waals surface area (Å²) < 4.78 is 22.5. The molecule has 0 aliphatic heterocycles. The van der Waals surface area contributed by atoms with Crippen LogP contribution in [0.1, 0.15) is 40.5 Å². The number of carboxylic acid groups (broad SMARTS) is 1. The first-order valence-corrected chi connectivity index (χ1v) is 7.34. The summed E-state index contributed by atoms with van der Waals surface area (Å²) in [4.78, 5) is 21.9. The molecule has 0 aliphatic carbocycles. The lowest BCUT2D eigenvalue weighted by atomic mass is 10.2. The van der Waals surface area contributed by atoms with E-state index in [2.05, 4.69) is 5.32 Å². The van der Waals surface area contributed by atoms with Gasteiger partial charge in [0, 0.05) is 12.5 Å². The molecule has 2 N–H and O–H groups in total. The first kappa shape index (κ1) is 16.9. The number of hydrogen-bond donors (Lipinski definition) is 2. The number of nitrogens with one attached hydrogen (secondary N) is 1. The second-order valence-electron chi connectivity index (χ2n) is 5.27. The Morgan fingerprint density at radius 3 is 2.17 bits per heavy atom. The monoisotopic (exact) mass is 279 g/mol. The molecule has 0 radical (unpaired) electrons. The van der Waals surface area contributed by atoms with Gasteiger partial charge in [-0.05, 0) is 34.1 Å². The third-order valence-electron chi connectivity index (χ3n) is 2.45. The number of carbonyl (C=O) groups excluding carboxylic acids is 1. The van der Waals surface area contributed by atoms with E-state index in [4.69, 9.17) is 5.11 Å². The van der Waals surface area contributed by atoms with Gasteiger partial charge in [-0.3, -0.25) is 9.59 Å². The first-order valence-electron chi connectivity index (χ1n) is 5.69. The molecule has 0 rings (SSSR count). The van der Waals surface area contributed by atoms with Crippen molar-refractivity contribution in [2.24, 2.45) is 0 Å². The van der Waals surface area contributed by atoms with Gasteiger partial charge in [0.15, 0.2) is 9.84 Å². The first-order chi connectivity index (χ1) is 7.95. The van der Waals surface area contributed by atoms with Gasteiger partial charge in [-0.15, -0.1) is 0 Å². The summed E-state index contributed by atoms with van der Waals surface area (Å²) in [5.74, 6) is -2.12. The third-order valence-corrected chi connectivity index (χ3v) is 4.96. The molecular formula is C11H21NO5S. The fraction of sp³-hybridized carbons (Fsp3) is 0.818. The van der Waals surface area contributed by atoms with Gasteiger partial charge in [-0.2, -0.15) is 0 Å². The van der Waals surface area contributed by atoms with Gasteiger partial charge < -0.3 is 10.4 Å². The minimum Gasteiger partial charge on any atom is -0.481 e. The van der Waals surface area contributed by atoms with Crippen molar-refractivity contribution < 1.29 is 23.1 Å². The van der Waals surface area contributed by atoms with Gasteiger partial charge in [-0.25, -0.2) is 8.42 Å². The number of carboxylic acids is 1. The maximum absolute atomic E-state index is 11.8. The highest BCUT2D eigenvalue weighted by molar-refractivity contribution is 7.93. The minimum absolute atomic E-state index is 0.0620. The van der Waals surface area contributed by atoms with E-state index in [-0.39, 0.29) is 18.9 Å². The third kappa shape index (κ3) is 6.00. The molecule has 0 heterocycles. The minimum atomic E-state index is -3.50. The van der Waals surface area contributed by atoms with Crippen LogP contribution in [0.3, 0.4) is 0 Å². The quantitative estimate of drug-likeness (QED) is 0.740. The number of carbonyl (C=O) groups is 2. The van der Waals surface area contributed by atoms with Crippen molar-refractivity contribution in [3.8, 4) is 0 Å². The fourth-order valence-corrected chi connectivity index (χ4v) is 1.98. The van der Waals surface area contributed by atoms with E-state index in [1.54, 1.807) is 6.92 Å². The van der Waals surface area contributed by atoms with Crippen LogP contribution in [0.5, 0.6) is 0 Å². The maximum atomic E-state index is 11.8. The summed E-state index contributed by atoms with van der Waals surface area (Å²) in [6.45, 7) is 6.24. The molecule has 106 valence electrons. The number of sulfone groups is 1. The molecule has 0 aromatic heterocycles. The summed E-state index contributed by atoms with van der Waals surface area (Å²) in [5, 5.41) is 11.0. The van der Waals surface area contributed by atoms with Gasteiger partial charge in [0.05, 0.1) is 4.75 Å². The highest BCUT2D eigenvalue weighted by atomic mass is 32.2. The average Bonchev–Trinajstić information content (AvgIpc) is 2.11. The van der Waals surface area contributed by atoms with Crippen molar-refractivity contribution in [2.45, 2.75) is 51.3 Å². The number of rotatable bonds is 6. The molecule has 0 aromatic carbocycles. The van der Waals surface area contributed by atoms with Crippen LogP contribution in [0.15, 0.2) is 0 Å². The zero-order valence-corrected chi connectivity index (χ0v) is 12.0. The molecule has 7 heteroatoms. The predicted octanol–water partition coefficient (Wildman–Crippen LogP) is 0.569. The second-order valence-corrected chi connectivity index (χ2v) is 8.02. The molecule has 0 aromatic rings. The summed E-state index contributed by atoms with van der Waals surface area (Å²) in [6, 6.07) is -0.358. The van der Waals surface area contributed by atoms with E-state index in [1.165, 1.54) is 20.8 Å². The molecule has 1 atom stereocenters. The summed E-state index contributed by atoms with van der Waals surface area (Å²) in [5.41, 5.74) is 0. The Balaban J connectivity index is 4.33. The van der Waals surface area contributed by atoms with E-state index in [0.717, 1.165) is 0 Å². The molecule has 0 spiro atoms. The number of hydrogen-bond acceptors (Lipinski definition) is 4. The summed E-state index contributed by atoms with van der Waals surface area (Å²) >= 11 is 0. The van der Waals surface area contributed by atoms with Crippen molar-refractivity contribution in [1.29, 1.82) is 0 Å². The van der Waals surface area contributed by atoms with Crippen LogP contribution >= 0.6 is 0 Å². The number of aliphatic carboxylic acids is 1. The summed E-state index contributed by atoms with van der Waals surface area (Å²) in [6.07, 6.45) is 0.212. The van der Waals surface area contributed by atoms with Crippen LogP contribution in [0.25, 0.3) is 0 Å². The molecule has 0 bridgehead atoms. The molecule has 18 heavy (non-hydrogen) atoms. The van der Waals surface area contributed by atoms with Crippen molar-refractivity contribution in [2.75, 3.05) is 5.75 Å².